The molecule has 2 heterocycles. The number of nitrogens with one attached hydrogen (secondary N) is 1. The number of nitrogen functional groups attached to an aromatic ring is 1. The van der Waals surface area contributed by atoms with E-state index in [1.54, 1.807) is 41.0 Å². The van der Waals surface area contributed by atoms with Crippen molar-refractivity contribution in [2.45, 2.75) is 13.2 Å². The second-order valence-electron chi connectivity index (χ2n) is 8.24. The van der Waals surface area contributed by atoms with Crippen molar-refractivity contribution in [1.29, 1.82) is 0 Å². The van der Waals surface area contributed by atoms with Crippen LogP contribution in [0, 0.1) is 0 Å². The van der Waals surface area contributed by atoms with Crippen LogP contribution in [0.3, 0.4) is 0 Å². The fourth-order valence-corrected chi connectivity index (χ4v) is 4.27. The van der Waals surface area contributed by atoms with Gasteiger partial charge in [-0.2, -0.15) is 5.10 Å². The first-order valence-corrected chi connectivity index (χ1v) is 12.3. The first-order valence-electron chi connectivity index (χ1n) is 11.5. The molecule has 3 N–H and O–H groups in total. The zero-order valence-electron chi connectivity index (χ0n) is 20.5. The SMILES string of the molecule is COc1cc(/C=N/NC(=O)Cn2c(-c3nonc3N)nc3ccccc32)ccc1OCc1ccc(Cl)cc1Cl. The summed E-state index contributed by atoms with van der Waals surface area (Å²) in [5, 5.41) is 12.6. The topological polar surface area (TPSA) is 143 Å². The minimum Gasteiger partial charge on any atom is -0.493 e. The van der Waals surface area contributed by atoms with Crippen molar-refractivity contribution in [3.8, 4) is 23.0 Å². The molecule has 0 aliphatic rings. The van der Waals surface area contributed by atoms with Gasteiger partial charge in [0.1, 0.15) is 13.2 Å². The number of carbonyl (C=O) groups is 1. The number of imidazole rings is 1. The molecule has 0 bridgehead atoms. The molecule has 0 spiro atoms. The summed E-state index contributed by atoms with van der Waals surface area (Å²) in [6.07, 6.45) is 1.49. The largest absolute Gasteiger partial charge is 0.493 e. The van der Waals surface area contributed by atoms with Gasteiger partial charge < -0.3 is 19.8 Å². The van der Waals surface area contributed by atoms with Gasteiger partial charge in [0.05, 0.1) is 24.4 Å². The minimum atomic E-state index is -0.391. The van der Waals surface area contributed by atoms with E-state index in [2.05, 4.69) is 25.8 Å². The molecule has 0 aliphatic carbocycles. The summed E-state index contributed by atoms with van der Waals surface area (Å²) in [7, 11) is 1.53. The van der Waals surface area contributed by atoms with Crippen LogP contribution in [0.2, 0.25) is 10.0 Å². The molecule has 0 saturated carbocycles. The zero-order valence-corrected chi connectivity index (χ0v) is 22.0. The first-order chi connectivity index (χ1) is 18.9. The average molecular weight is 566 g/mol. The average Bonchev–Trinajstić information content (AvgIpc) is 3.51. The van der Waals surface area contributed by atoms with E-state index in [0.29, 0.717) is 44.0 Å². The highest BCUT2D eigenvalue weighted by atomic mass is 35.5. The quantitative estimate of drug-likeness (QED) is 0.193. The van der Waals surface area contributed by atoms with Crippen LogP contribution >= 0.6 is 23.2 Å². The number of anilines is 1. The van der Waals surface area contributed by atoms with Crippen molar-refractivity contribution in [3.05, 3.63) is 81.8 Å². The third-order valence-corrected chi connectivity index (χ3v) is 6.26. The Morgan fingerprint density at radius 3 is 2.74 bits per heavy atom. The minimum absolute atomic E-state index is 0.0719. The maximum atomic E-state index is 12.8. The van der Waals surface area contributed by atoms with E-state index >= 15 is 0 Å². The lowest BCUT2D eigenvalue weighted by Gasteiger charge is -2.12. The van der Waals surface area contributed by atoms with Gasteiger partial charge in [-0.15, -0.1) is 0 Å². The van der Waals surface area contributed by atoms with Crippen molar-refractivity contribution < 1.29 is 18.9 Å². The molecule has 3 aromatic carbocycles. The lowest BCUT2D eigenvalue weighted by molar-refractivity contribution is -0.121. The molecule has 2 aromatic heterocycles. The van der Waals surface area contributed by atoms with E-state index in [-0.39, 0.29) is 24.7 Å². The van der Waals surface area contributed by atoms with Gasteiger partial charge in [-0.25, -0.2) is 15.0 Å². The van der Waals surface area contributed by atoms with Crippen molar-refractivity contribution >= 4 is 52.2 Å². The Labute approximate surface area is 232 Å². The predicted molar refractivity (Wildman–Crippen MR) is 147 cm³/mol. The highest BCUT2D eigenvalue weighted by Crippen LogP contribution is 2.30. The van der Waals surface area contributed by atoms with Gasteiger partial charge in [0, 0.05) is 15.6 Å². The van der Waals surface area contributed by atoms with Gasteiger partial charge in [-0.05, 0) is 58.3 Å². The van der Waals surface area contributed by atoms with E-state index in [0.717, 1.165) is 5.56 Å². The van der Waals surface area contributed by atoms with Gasteiger partial charge in [-0.1, -0.05) is 41.4 Å². The molecule has 1 amide bonds. The third kappa shape index (κ3) is 5.79. The number of methoxy groups -OCH3 is 1. The summed E-state index contributed by atoms with van der Waals surface area (Å²) < 4.78 is 17.7. The summed E-state index contributed by atoms with van der Waals surface area (Å²) >= 11 is 12.2. The normalized spacial score (nSPS) is 11.3. The molecule has 0 aliphatic heterocycles. The number of halogens is 2. The van der Waals surface area contributed by atoms with Gasteiger partial charge >= 0.3 is 0 Å². The number of rotatable bonds is 9. The predicted octanol–water partition coefficient (Wildman–Crippen LogP) is 4.71. The molecular weight excluding hydrogens is 545 g/mol. The van der Waals surface area contributed by atoms with E-state index in [9.17, 15) is 4.79 Å². The first kappa shape index (κ1) is 26.0. The van der Waals surface area contributed by atoms with E-state index in [1.165, 1.54) is 13.3 Å². The maximum absolute atomic E-state index is 12.8. The molecule has 198 valence electrons. The fraction of sp³-hybridized carbons (Fsp3) is 0.115. The standard InChI is InChI=1S/C26H21Cl2N7O4/c1-37-22-10-15(6-9-21(22)38-14-16-7-8-17(27)11-18(16)28)12-30-32-23(36)13-35-20-5-3-2-4-19(20)31-26(35)24-25(29)34-39-33-24/h2-12H,13-14H2,1H3,(H2,29,34)(H,32,36)/b30-12+. The van der Waals surface area contributed by atoms with Crippen LogP contribution in [0.4, 0.5) is 5.82 Å². The van der Waals surface area contributed by atoms with Gasteiger partial charge in [0.2, 0.25) is 0 Å². The van der Waals surface area contributed by atoms with Crippen LogP contribution in [0.25, 0.3) is 22.6 Å². The summed E-state index contributed by atoms with van der Waals surface area (Å²) in [6.45, 7) is 0.139. The number of carbonyl (C=O) groups excluding carboxylic acids is 1. The van der Waals surface area contributed by atoms with E-state index in [1.807, 2.05) is 24.3 Å². The van der Waals surface area contributed by atoms with E-state index < -0.39 is 5.91 Å². The number of hydrogen-bond donors (Lipinski definition) is 2. The van der Waals surface area contributed by atoms with Crippen LogP contribution < -0.4 is 20.6 Å². The number of ether oxygens (including phenoxy) is 2. The summed E-state index contributed by atoms with van der Waals surface area (Å²) in [4.78, 5) is 17.3. The molecule has 0 saturated heterocycles. The molecule has 39 heavy (non-hydrogen) atoms. The summed E-state index contributed by atoms with van der Waals surface area (Å²) in [5.41, 5.74) is 11.5. The number of nitrogens with two attached hydrogens (primary N) is 1. The Morgan fingerprint density at radius 1 is 1.13 bits per heavy atom. The monoisotopic (exact) mass is 565 g/mol. The molecular formula is C26H21Cl2N7O4. The lowest BCUT2D eigenvalue weighted by Crippen LogP contribution is -2.23. The molecule has 13 heteroatoms. The molecule has 0 unspecified atom stereocenters. The lowest BCUT2D eigenvalue weighted by atomic mass is 10.2. The Morgan fingerprint density at radius 2 is 1.97 bits per heavy atom. The highest BCUT2D eigenvalue weighted by Gasteiger charge is 2.20. The molecule has 0 atom stereocenters. The van der Waals surface area contributed by atoms with Gasteiger partial charge in [0.15, 0.2) is 28.8 Å². The van der Waals surface area contributed by atoms with Crippen LogP contribution in [-0.2, 0) is 17.9 Å². The third-order valence-electron chi connectivity index (χ3n) is 5.67. The number of benzene rings is 3. The number of aromatic nitrogens is 4. The molecule has 5 aromatic rings. The Balaban J connectivity index is 1.26. The molecule has 5 rings (SSSR count). The number of fused-ring (bicyclic) bond motifs is 1. The van der Waals surface area contributed by atoms with Gasteiger partial charge in [-0.3, -0.25) is 4.79 Å². The molecule has 11 nitrogen and oxygen atoms in total. The fourth-order valence-electron chi connectivity index (χ4n) is 3.80. The van der Waals surface area contributed by atoms with Gasteiger partial charge in [0.25, 0.3) is 5.91 Å². The second kappa shape index (κ2) is 11.4. The molecule has 0 fully saturated rings. The van der Waals surface area contributed by atoms with Crippen molar-refractivity contribution in [3.63, 3.8) is 0 Å². The summed E-state index contributed by atoms with van der Waals surface area (Å²) in [5.74, 6) is 1.05. The number of amides is 1. The Kier molecular flexibility index (Phi) is 7.62. The van der Waals surface area contributed by atoms with Crippen LogP contribution in [0.5, 0.6) is 11.5 Å². The number of hydrazone groups is 1. The number of hydrogen-bond acceptors (Lipinski definition) is 9. The van der Waals surface area contributed by atoms with Crippen molar-refractivity contribution in [2.75, 3.05) is 12.8 Å². The Hall–Kier alpha value is -4.61. The zero-order chi connectivity index (χ0) is 27.4. The number of nitrogens with zero attached hydrogens (tertiary/aromatic N) is 5. The van der Waals surface area contributed by atoms with Crippen LogP contribution in [-0.4, -0.2) is 39.1 Å². The van der Waals surface area contributed by atoms with Crippen molar-refractivity contribution in [1.82, 2.24) is 25.3 Å². The molecule has 0 radical (unpaired) electrons. The second-order valence-corrected chi connectivity index (χ2v) is 9.08. The highest BCUT2D eigenvalue weighted by molar-refractivity contribution is 6.35. The summed E-state index contributed by atoms with van der Waals surface area (Å²) in [6, 6.07) is 17.8. The van der Waals surface area contributed by atoms with Crippen molar-refractivity contribution in [2.24, 2.45) is 5.10 Å². The number of para-hydroxylation sites is 2. The van der Waals surface area contributed by atoms with Crippen LogP contribution in [0.1, 0.15) is 11.1 Å². The Bertz CT molecular complexity index is 1680. The van der Waals surface area contributed by atoms with E-state index in [4.69, 9.17) is 43.0 Å². The smallest absolute Gasteiger partial charge is 0.260 e. The van der Waals surface area contributed by atoms with Crippen LogP contribution in [0.15, 0.2) is 70.4 Å². The maximum Gasteiger partial charge on any atom is 0.260 e.